The number of rotatable bonds is 6. The molecule has 0 radical (unpaired) electrons. The smallest absolute Gasteiger partial charge is 0.0851 e. The second-order valence-corrected chi connectivity index (χ2v) is 6.43. The lowest BCUT2D eigenvalue weighted by molar-refractivity contribution is -0.0898. The fourth-order valence-electron chi connectivity index (χ4n) is 3.31. The molecule has 1 aromatic carbocycles. The van der Waals surface area contributed by atoms with Crippen LogP contribution in [-0.2, 0) is 11.2 Å². The molecule has 0 aliphatic heterocycles. The van der Waals surface area contributed by atoms with Crippen LogP contribution in [-0.4, -0.2) is 18.2 Å². The van der Waals surface area contributed by atoms with Crippen molar-refractivity contribution in [1.29, 1.82) is 0 Å². The summed E-state index contributed by atoms with van der Waals surface area (Å²) in [5.41, 5.74) is 4.19. The van der Waals surface area contributed by atoms with Crippen molar-refractivity contribution >= 4 is 15.9 Å². The molecule has 2 rings (SSSR count). The van der Waals surface area contributed by atoms with Gasteiger partial charge in [0.25, 0.3) is 0 Å². The minimum atomic E-state index is -0.114. The Kier molecular flexibility index (Phi) is 6.02. The quantitative estimate of drug-likeness (QED) is 0.614. The first-order valence-electron chi connectivity index (χ1n) is 7.55. The van der Waals surface area contributed by atoms with E-state index < -0.39 is 0 Å². The fraction of sp³-hybridized carbons (Fsp3) is 0.625. The number of nitrogens with one attached hydrogen (secondary N) is 1. The van der Waals surface area contributed by atoms with E-state index in [4.69, 9.17) is 10.6 Å². The summed E-state index contributed by atoms with van der Waals surface area (Å²) >= 11 is 3.63. The molecule has 20 heavy (non-hydrogen) atoms. The van der Waals surface area contributed by atoms with Crippen LogP contribution in [0.2, 0.25) is 0 Å². The van der Waals surface area contributed by atoms with E-state index in [0.717, 1.165) is 30.3 Å². The molecule has 1 aliphatic carbocycles. The van der Waals surface area contributed by atoms with E-state index in [-0.39, 0.29) is 11.6 Å². The Balaban J connectivity index is 2.18. The average molecular weight is 341 g/mol. The summed E-state index contributed by atoms with van der Waals surface area (Å²) < 4.78 is 7.32. The largest absolute Gasteiger partial charge is 0.374 e. The first kappa shape index (κ1) is 16.0. The fourth-order valence-corrected chi connectivity index (χ4v) is 3.76. The van der Waals surface area contributed by atoms with Gasteiger partial charge >= 0.3 is 0 Å². The van der Waals surface area contributed by atoms with Crippen molar-refractivity contribution in [3.63, 3.8) is 0 Å². The molecule has 0 bridgehead atoms. The van der Waals surface area contributed by atoms with Gasteiger partial charge in [0.2, 0.25) is 0 Å². The number of hydrogen-bond donors (Lipinski definition) is 2. The van der Waals surface area contributed by atoms with Crippen LogP contribution in [0, 0.1) is 0 Å². The van der Waals surface area contributed by atoms with Crippen molar-refractivity contribution in [2.24, 2.45) is 5.84 Å². The van der Waals surface area contributed by atoms with Gasteiger partial charge in [-0.15, -0.1) is 0 Å². The molecule has 1 atom stereocenters. The third-order valence-electron chi connectivity index (χ3n) is 4.35. The van der Waals surface area contributed by atoms with Gasteiger partial charge in [-0.25, -0.2) is 0 Å². The Hall–Kier alpha value is -0.420. The van der Waals surface area contributed by atoms with Crippen molar-refractivity contribution < 1.29 is 4.74 Å². The molecule has 3 nitrogen and oxygen atoms in total. The molecule has 1 saturated carbocycles. The minimum Gasteiger partial charge on any atom is -0.374 e. The molecule has 1 aliphatic rings. The standard InChI is InChI=1S/C16H25BrN2O/c1-2-20-16(10-6-3-7-11-16)15(19-18)12-13-8-4-5-9-14(13)17/h4-5,8-9,15,19H,2-3,6-7,10-12,18H2,1H3. The predicted molar refractivity (Wildman–Crippen MR) is 86.4 cm³/mol. The van der Waals surface area contributed by atoms with E-state index in [9.17, 15) is 0 Å². The first-order valence-corrected chi connectivity index (χ1v) is 8.34. The molecule has 1 fully saturated rings. The molecule has 4 heteroatoms. The summed E-state index contributed by atoms with van der Waals surface area (Å²) in [7, 11) is 0. The highest BCUT2D eigenvalue weighted by Crippen LogP contribution is 2.36. The average Bonchev–Trinajstić information content (AvgIpc) is 2.47. The third kappa shape index (κ3) is 3.61. The molecule has 0 aromatic heterocycles. The summed E-state index contributed by atoms with van der Waals surface area (Å²) in [6.45, 7) is 2.82. The van der Waals surface area contributed by atoms with Crippen molar-refractivity contribution in [1.82, 2.24) is 5.43 Å². The van der Waals surface area contributed by atoms with Crippen LogP contribution >= 0.6 is 15.9 Å². The molecule has 0 heterocycles. The Bertz CT molecular complexity index is 413. The zero-order valence-electron chi connectivity index (χ0n) is 12.2. The topological polar surface area (TPSA) is 47.3 Å². The van der Waals surface area contributed by atoms with Crippen LogP contribution in [0.5, 0.6) is 0 Å². The Morgan fingerprint density at radius 1 is 1.30 bits per heavy atom. The van der Waals surface area contributed by atoms with Crippen LogP contribution in [0.3, 0.4) is 0 Å². The second kappa shape index (κ2) is 7.55. The van der Waals surface area contributed by atoms with E-state index in [2.05, 4.69) is 46.5 Å². The predicted octanol–water partition coefficient (Wildman–Crippen LogP) is 3.56. The number of halogens is 1. The first-order chi connectivity index (χ1) is 9.72. The normalized spacial score (nSPS) is 19.8. The third-order valence-corrected chi connectivity index (χ3v) is 5.12. The van der Waals surface area contributed by atoms with Gasteiger partial charge in [-0.2, -0.15) is 0 Å². The molecular formula is C16H25BrN2O. The van der Waals surface area contributed by atoms with Gasteiger partial charge in [0.1, 0.15) is 0 Å². The van der Waals surface area contributed by atoms with Crippen molar-refractivity contribution in [3.05, 3.63) is 34.3 Å². The molecule has 1 unspecified atom stereocenters. The van der Waals surface area contributed by atoms with Gasteiger partial charge in [-0.05, 0) is 37.8 Å². The molecule has 0 spiro atoms. The molecule has 112 valence electrons. The number of hydrogen-bond acceptors (Lipinski definition) is 3. The highest BCUT2D eigenvalue weighted by atomic mass is 79.9. The van der Waals surface area contributed by atoms with Gasteiger partial charge in [-0.3, -0.25) is 11.3 Å². The Labute approximate surface area is 130 Å². The van der Waals surface area contributed by atoms with Crippen molar-refractivity contribution in [2.75, 3.05) is 6.61 Å². The number of benzene rings is 1. The van der Waals surface area contributed by atoms with Crippen LogP contribution in [0.1, 0.15) is 44.6 Å². The lowest BCUT2D eigenvalue weighted by Gasteiger charge is -2.43. The van der Waals surface area contributed by atoms with Gasteiger partial charge < -0.3 is 4.74 Å². The van der Waals surface area contributed by atoms with Crippen molar-refractivity contribution in [3.8, 4) is 0 Å². The Morgan fingerprint density at radius 2 is 2.00 bits per heavy atom. The summed E-state index contributed by atoms with van der Waals surface area (Å²) in [5, 5.41) is 0. The van der Waals surface area contributed by atoms with E-state index >= 15 is 0 Å². The van der Waals surface area contributed by atoms with Gasteiger partial charge in [0, 0.05) is 11.1 Å². The van der Waals surface area contributed by atoms with Gasteiger partial charge in [0.05, 0.1) is 11.6 Å². The SMILES string of the molecule is CCOC1(C(Cc2ccccc2Br)NN)CCCCC1. The maximum Gasteiger partial charge on any atom is 0.0851 e. The molecule has 0 saturated heterocycles. The zero-order chi connectivity index (χ0) is 14.4. The lowest BCUT2D eigenvalue weighted by atomic mass is 9.77. The van der Waals surface area contributed by atoms with E-state index in [1.807, 2.05) is 6.07 Å². The van der Waals surface area contributed by atoms with Gasteiger partial charge in [-0.1, -0.05) is 53.4 Å². The molecule has 3 N–H and O–H groups in total. The number of hydrazine groups is 1. The van der Waals surface area contributed by atoms with E-state index in [0.29, 0.717) is 0 Å². The summed E-state index contributed by atoms with van der Waals surface area (Å²) in [6, 6.07) is 8.49. The number of nitrogens with two attached hydrogens (primary N) is 1. The minimum absolute atomic E-state index is 0.114. The molecule has 0 amide bonds. The van der Waals surface area contributed by atoms with E-state index in [1.165, 1.54) is 24.8 Å². The highest BCUT2D eigenvalue weighted by Gasteiger charge is 2.40. The van der Waals surface area contributed by atoms with Crippen molar-refractivity contribution in [2.45, 2.75) is 57.1 Å². The Morgan fingerprint density at radius 3 is 2.60 bits per heavy atom. The molecule has 1 aromatic rings. The monoisotopic (exact) mass is 340 g/mol. The van der Waals surface area contributed by atoms with Crippen LogP contribution in [0.15, 0.2) is 28.7 Å². The van der Waals surface area contributed by atoms with Gasteiger partial charge in [0.15, 0.2) is 0 Å². The zero-order valence-corrected chi connectivity index (χ0v) is 13.8. The summed E-state index contributed by atoms with van der Waals surface area (Å²) in [5.74, 6) is 5.87. The highest BCUT2D eigenvalue weighted by molar-refractivity contribution is 9.10. The van der Waals surface area contributed by atoms with Crippen LogP contribution in [0.4, 0.5) is 0 Å². The summed E-state index contributed by atoms with van der Waals surface area (Å²) in [4.78, 5) is 0. The summed E-state index contributed by atoms with van der Waals surface area (Å²) in [6.07, 6.45) is 6.85. The number of ether oxygens (including phenoxy) is 1. The van der Waals surface area contributed by atoms with Crippen LogP contribution < -0.4 is 11.3 Å². The molecular weight excluding hydrogens is 316 g/mol. The maximum atomic E-state index is 6.18. The van der Waals surface area contributed by atoms with E-state index in [1.54, 1.807) is 0 Å². The lowest BCUT2D eigenvalue weighted by Crippen LogP contribution is -2.57. The second-order valence-electron chi connectivity index (χ2n) is 5.57. The maximum absolute atomic E-state index is 6.18. The van der Waals surface area contributed by atoms with Crippen LogP contribution in [0.25, 0.3) is 0 Å².